The van der Waals surface area contributed by atoms with Gasteiger partial charge in [-0.1, -0.05) is 12.1 Å². The van der Waals surface area contributed by atoms with E-state index in [1.54, 1.807) is 29.1 Å². The molecule has 1 atom stereocenters. The van der Waals surface area contributed by atoms with Gasteiger partial charge in [-0.3, -0.25) is 4.79 Å². The van der Waals surface area contributed by atoms with Gasteiger partial charge in [-0.25, -0.2) is 9.07 Å². The molecule has 1 aromatic heterocycles. The highest BCUT2D eigenvalue weighted by atomic mass is 19.1. The second-order valence-electron chi connectivity index (χ2n) is 8.54. The van der Waals surface area contributed by atoms with Crippen molar-refractivity contribution in [1.29, 1.82) is 0 Å². The minimum atomic E-state index is -0.233. The van der Waals surface area contributed by atoms with Gasteiger partial charge in [-0.2, -0.15) is 5.10 Å². The molecule has 7 heteroatoms. The highest BCUT2D eigenvalue weighted by molar-refractivity contribution is 5.43. The lowest BCUT2D eigenvalue weighted by atomic mass is 10.0. The van der Waals surface area contributed by atoms with E-state index < -0.39 is 0 Å². The van der Waals surface area contributed by atoms with Gasteiger partial charge in [-0.15, -0.1) is 0 Å². The van der Waals surface area contributed by atoms with Crippen LogP contribution in [-0.2, 0) is 6.42 Å². The predicted molar refractivity (Wildman–Crippen MR) is 115 cm³/mol. The number of halogens is 1. The maximum Gasteiger partial charge on any atom is 0.269 e. The van der Waals surface area contributed by atoms with Crippen LogP contribution in [0.5, 0.6) is 0 Å². The summed E-state index contributed by atoms with van der Waals surface area (Å²) in [5, 5.41) is 14.2. The number of aliphatic hydroxyl groups is 1. The van der Waals surface area contributed by atoms with Gasteiger partial charge in [0.05, 0.1) is 24.0 Å². The van der Waals surface area contributed by atoms with Crippen molar-refractivity contribution in [3.8, 4) is 0 Å². The summed E-state index contributed by atoms with van der Waals surface area (Å²) >= 11 is 0. The zero-order valence-electron chi connectivity index (χ0n) is 17.4. The monoisotopic (exact) mass is 414 g/mol. The number of nitrogens with zero attached hydrogens (tertiary/aromatic N) is 4. The summed E-state index contributed by atoms with van der Waals surface area (Å²) in [4.78, 5) is 17.3. The number of hydrogen-bond acceptors (Lipinski definition) is 5. The minimum Gasteiger partial charge on any atom is -0.393 e. The fraction of sp³-hybridized carbons (Fsp3) is 0.565. The first-order valence-corrected chi connectivity index (χ1v) is 11.1. The lowest BCUT2D eigenvalue weighted by Gasteiger charge is -2.34. The van der Waals surface area contributed by atoms with Gasteiger partial charge in [-0.05, 0) is 69.3 Å². The van der Waals surface area contributed by atoms with Crippen LogP contribution in [0.2, 0.25) is 0 Å². The number of anilines is 1. The number of aromatic nitrogens is 2. The summed E-state index contributed by atoms with van der Waals surface area (Å²) in [6.45, 7) is 4.31. The van der Waals surface area contributed by atoms with Crippen molar-refractivity contribution in [3.05, 3.63) is 58.3 Å². The van der Waals surface area contributed by atoms with Gasteiger partial charge < -0.3 is 14.9 Å². The first-order valence-electron chi connectivity index (χ1n) is 11.1. The van der Waals surface area contributed by atoms with Crippen LogP contribution in [0, 0.1) is 5.82 Å². The molecule has 0 spiro atoms. The van der Waals surface area contributed by atoms with E-state index >= 15 is 0 Å². The molecule has 4 rings (SSSR count). The van der Waals surface area contributed by atoms with E-state index in [0.717, 1.165) is 82.5 Å². The van der Waals surface area contributed by atoms with Crippen LogP contribution in [0.1, 0.15) is 43.7 Å². The molecule has 0 aliphatic carbocycles. The Balaban J connectivity index is 1.33. The van der Waals surface area contributed by atoms with Gasteiger partial charge in [0.2, 0.25) is 0 Å². The van der Waals surface area contributed by atoms with Crippen LogP contribution < -0.4 is 10.5 Å². The van der Waals surface area contributed by atoms with E-state index in [2.05, 4.69) is 14.9 Å². The number of rotatable bonds is 6. The Morgan fingerprint density at radius 1 is 1.13 bits per heavy atom. The fourth-order valence-electron chi connectivity index (χ4n) is 4.61. The summed E-state index contributed by atoms with van der Waals surface area (Å²) in [7, 11) is 0. The van der Waals surface area contributed by atoms with Crippen LogP contribution >= 0.6 is 0 Å². The van der Waals surface area contributed by atoms with Gasteiger partial charge in [0.25, 0.3) is 5.56 Å². The lowest BCUT2D eigenvalue weighted by molar-refractivity contribution is 0.145. The summed E-state index contributed by atoms with van der Waals surface area (Å²) in [6, 6.07) is 8.59. The molecule has 2 fully saturated rings. The van der Waals surface area contributed by atoms with Crippen molar-refractivity contribution in [2.24, 2.45) is 0 Å². The Morgan fingerprint density at radius 3 is 2.73 bits per heavy atom. The topological polar surface area (TPSA) is 61.6 Å². The SMILES string of the molecule is O=c1cc(N2CCC(O)CC2)cnn1C1CCCN(CCCc2cccc(F)c2)C1. The van der Waals surface area contributed by atoms with Crippen LogP contribution in [-0.4, -0.2) is 58.6 Å². The zero-order chi connectivity index (χ0) is 20.9. The van der Waals surface area contributed by atoms with Gasteiger partial charge >= 0.3 is 0 Å². The molecule has 2 saturated heterocycles. The fourth-order valence-corrected chi connectivity index (χ4v) is 4.61. The molecule has 0 saturated carbocycles. The third kappa shape index (κ3) is 5.26. The summed E-state index contributed by atoms with van der Waals surface area (Å²) in [5.74, 6) is -0.180. The molecule has 1 N–H and O–H groups in total. The van der Waals surface area contributed by atoms with Crippen molar-refractivity contribution >= 4 is 5.69 Å². The van der Waals surface area contributed by atoms with E-state index in [4.69, 9.17) is 0 Å². The van der Waals surface area contributed by atoms with Gasteiger partial charge in [0.1, 0.15) is 5.82 Å². The smallest absolute Gasteiger partial charge is 0.269 e. The van der Waals surface area contributed by atoms with Crippen molar-refractivity contribution in [2.45, 2.75) is 50.7 Å². The van der Waals surface area contributed by atoms with E-state index in [9.17, 15) is 14.3 Å². The molecule has 0 bridgehead atoms. The molecule has 2 aliphatic heterocycles. The van der Waals surface area contributed by atoms with Crippen molar-refractivity contribution < 1.29 is 9.50 Å². The first-order chi connectivity index (χ1) is 14.6. The Kier molecular flexibility index (Phi) is 6.79. The third-order valence-electron chi connectivity index (χ3n) is 6.30. The first kappa shape index (κ1) is 21.0. The maximum absolute atomic E-state index is 13.3. The molecule has 1 unspecified atom stereocenters. The molecule has 0 radical (unpaired) electrons. The summed E-state index contributed by atoms with van der Waals surface area (Å²) in [6.07, 6.45) is 6.86. The van der Waals surface area contributed by atoms with Crippen LogP contribution in [0.25, 0.3) is 0 Å². The van der Waals surface area contributed by atoms with Crippen molar-refractivity contribution in [2.75, 3.05) is 37.6 Å². The van der Waals surface area contributed by atoms with Crippen LogP contribution in [0.4, 0.5) is 10.1 Å². The lowest BCUT2D eigenvalue weighted by Crippen LogP contribution is -2.42. The summed E-state index contributed by atoms with van der Waals surface area (Å²) < 4.78 is 15.0. The Hall–Kier alpha value is -2.25. The van der Waals surface area contributed by atoms with E-state index in [-0.39, 0.29) is 23.5 Å². The van der Waals surface area contributed by atoms with E-state index in [1.807, 2.05) is 6.07 Å². The predicted octanol–water partition coefficient (Wildman–Crippen LogP) is 2.61. The van der Waals surface area contributed by atoms with Gasteiger partial charge in [0.15, 0.2) is 0 Å². The number of likely N-dealkylation sites (tertiary alicyclic amines) is 1. The number of benzene rings is 1. The molecule has 30 heavy (non-hydrogen) atoms. The molecular weight excluding hydrogens is 383 g/mol. The average molecular weight is 415 g/mol. The van der Waals surface area contributed by atoms with Crippen molar-refractivity contribution in [3.63, 3.8) is 0 Å². The molecular formula is C23H31FN4O2. The van der Waals surface area contributed by atoms with Crippen molar-refractivity contribution in [1.82, 2.24) is 14.7 Å². The molecule has 3 heterocycles. The minimum absolute atomic E-state index is 0.0507. The number of aryl methyl sites for hydroxylation is 1. The second kappa shape index (κ2) is 9.71. The number of hydrogen-bond donors (Lipinski definition) is 1. The Labute approximate surface area is 176 Å². The number of piperidine rings is 2. The summed E-state index contributed by atoms with van der Waals surface area (Å²) in [5.41, 5.74) is 1.83. The average Bonchev–Trinajstić information content (AvgIpc) is 2.74. The maximum atomic E-state index is 13.3. The second-order valence-corrected chi connectivity index (χ2v) is 8.54. The molecule has 2 aromatic rings. The molecule has 162 valence electrons. The molecule has 2 aliphatic rings. The Bertz CT molecular complexity index is 895. The van der Waals surface area contributed by atoms with Crippen LogP contribution in [0.15, 0.2) is 41.3 Å². The van der Waals surface area contributed by atoms with E-state index in [1.165, 1.54) is 6.07 Å². The Morgan fingerprint density at radius 2 is 1.97 bits per heavy atom. The van der Waals surface area contributed by atoms with Gasteiger partial charge in [0, 0.05) is 25.7 Å². The zero-order valence-corrected chi connectivity index (χ0v) is 17.4. The largest absolute Gasteiger partial charge is 0.393 e. The van der Waals surface area contributed by atoms with E-state index in [0.29, 0.717) is 0 Å². The normalized spacial score (nSPS) is 21.1. The molecule has 1 aromatic carbocycles. The molecule has 0 amide bonds. The number of aliphatic hydroxyl groups excluding tert-OH is 1. The highest BCUT2D eigenvalue weighted by Gasteiger charge is 2.24. The highest BCUT2D eigenvalue weighted by Crippen LogP contribution is 2.22. The molecule has 6 nitrogen and oxygen atoms in total. The quantitative estimate of drug-likeness (QED) is 0.787. The standard InChI is InChI=1S/C23H31FN4O2/c24-19-6-1-4-18(14-19)5-2-10-26-11-3-7-20(17-26)28-23(30)15-21(16-25-28)27-12-8-22(29)9-13-27/h1,4,6,14-16,20,22,29H,2-3,5,7-13,17H2. The third-order valence-corrected chi connectivity index (χ3v) is 6.30. The van der Waals surface area contributed by atoms with Crippen LogP contribution in [0.3, 0.4) is 0 Å².